The first-order valence-corrected chi connectivity index (χ1v) is 5.29. The second-order valence-electron chi connectivity index (χ2n) is 4.54. The van der Waals surface area contributed by atoms with Crippen molar-refractivity contribution >= 4 is 0 Å². The lowest BCUT2D eigenvalue weighted by Gasteiger charge is -2.18. The standard InChI is InChI=1S/C12H14F3N/c1-8(12(13,14)15)9-3-2-4-10(7-9)11(16)5-6-11/h2-4,7-8H,5-6,16H2,1H3. The molecule has 88 valence electrons. The van der Waals surface area contributed by atoms with E-state index in [1.807, 2.05) is 0 Å². The summed E-state index contributed by atoms with van der Waals surface area (Å²) < 4.78 is 37.6. The van der Waals surface area contributed by atoms with Crippen molar-refractivity contribution in [3.63, 3.8) is 0 Å². The third-order valence-electron chi connectivity index (χ3n) is 3.24. The smallest absolute Gasteiger partial charge is 0.321 e. The van der Waals surface area contributed by atoms with Gasteiger partial charge in [-0.25, -0.2) is 0 Å². The molecular weight excluding hydrogens is 215 g/mol. The highest BCUT2D eigenvalue weighted by atomic mass is 19.4. The van der Waals surface area contributed by atoms with Gasteiger partial charge in [0.25, 0.3) is 0 Å². The maximum absolute atomic E-state index is 12.5. The van der Waals surface area contributed by atoms with Crippen molar-refractivity contribution in [2.24, 2.45) is 5.73 Å². The van der Waals surface area contributed by atoms with Crippen LogP contribution in [0, 0.1) is 0 Å². The van der Waals surface area contributed by atoms with Crippen molar-refractivity contribution in [3.8, 4) is 0 Å². The average Bonchev–Trinajstić information content (AvgIpc) is 2.96. The largest absolute Gasteiger partial charge is 0.395 e. The Hall–Kier alpha value is -1.03. The molecule has 4 heteroatoms. The molecule has 2 N–H and O–H groups in total. The van der Waals surface area contributed by atoms with Crippen LogP contribution in [0.1, 0.15) is 36.8 Å². The average molecular weight is 229 g/mol. The number of hydrogen-bond acceptors (Lipinski definition) is 1. The van der Waals surface area contributed by atoms with Gasteiger partial charge < -0.3 is 5.73 Å². The molecule has 1 aromatic carbocycles. The zero-order chi connectivity index (χ0) is 12.0. The molecule has 1 aliphatic rings. The third kappa shape index (κ3) is 2.07. The van der Waals surface area contributed by atoms with Crippen LogP contribution in [0.15, 0.2) is 24.3 Å². The first-order valence-electron chi connectivity index (χ1n) is 5.29. The van der Waals surface area contributed by atoms with E-state index in [1.54, 1.807) is 18.2 Å². The number of nitrogens with two attached hydrogens (primary N) is 1. The van der Waals surface area contributed by atoms with E-state index in [-0.39, 0.29) is 5.54 Å². The summed E-state index contributed by atoms with van der Waals surface area (Å²) in [5.74, 6) is -1.44. The van der Waals surface area contributed by atoms with Gasteiger partial charge in [0.05, 0.1) is 5.92 Å². The highest BCUT2D eigenvalue weighted by Crippen LogP contribution is 2.44. The zero-order valence-corrected chi connectivity index (χ0v) is 9.01. The first-order chi connectivity index (χ1) is 7.33. The van der Waals surface area contributed by atoms with E-state index < -0.39 is 12.1 Å². The van der Waals surface area contributed by atoms with Crippen LogP contribution in [-0.2, 0) is 5.54 Å². The van der Waals surface area contributed by atoms with Gasteiger partial charge >= 0.3 is 6.18 Å². The minimum atomic E-state index is -4.19. The maximum Gasteiger partial charge on any atom is 0.395 e. The molecule has 0 saturated heterocycles. The molecule has 0 bridgehead atoms. The van der Waals surface area contributed by atoms with Crippen LogP contribution in [0.25, 0.3) is 0 Å². The molecule has 16 heavy (non-hydrogen) atoms. The summed E-state index contributed by atoms with van der Waals surface area (Å²) in [7, 11) is 0. The Morgan fingerprint density at radius 2 is 1.94 bits per heavy atom. The molecule has 1 unspecified atom stereocenters. The van der Waals surface area contributed by atoms with E-state index in [0.717, 1.165) is 18.4 Å². The highest BCUT2D eigenvalue weighted by molar-refractivity contribution is 5.35. The van der Waals surface area contributed by atoms with E-state index in [9.17, 15) is 13.2 Å². The molecule has 1 aliphatic carbocycles. The number of alkyl halides is 3. The summed E-state index contributed by atoms with van der Waals surface area (Å²) in [4.78, 5) is 0. The third-order valence-corrected chi connectivity index (χ3v) is 3.24. The Bertz CT molecular complexity index is 393. The molecule has 1 nitrogen and oxygen atoms in total. The van der Waals surface area contributed by atoms with Gasteiger partial charge in [0.1, 0.15) is 0 Å². The lowest BCUT2D eigenvalue weighted by molar-refractivity contribution is -0.146. The lowest BCUT2D eigenvalue weighted by Crippen LogP contribution is -2.21. The van der Waals surface area contributed by atoms with Crippen molar-refractivity contribution in [1.82, 2.24) is 0 Å². The summed E-state index contributed by atoms with van der Waals surface area (Å²) in [6.07, 6.45) is -2.47. The fourth-order valence-corrected chi connectivity index (χ4v) is 1.73. The fraction of sp³-hybridized carbons (Fsp3) is 0.500. The monoisotopic (exact) mass is 229 g/mol. The summed E-state index contributed by atoms with van der Waals surface area (Å²) >= 11 is 0. The predicted octanol–water partition coefficient (Wildman–Crippen LogP) is 3.30. The van der Waals surface area contributed by atoms with Crippen molar-refractivity contribution in [3.05, 3.63) is 35.4 Å². The van der Waals surface area contributed by atoms with Crippen LogP contribution in [0.4, 0.5) is 13.2 Å². The van der Waals surface area contributed by atoms with Crippen molar-refractivity contribution in [1.29, 1.82) is 0 Å². The van der Waals surface area contributed by atoms with E-state index in [4.69, 9.17) is 5.73 Å². The fourth-order valence-electron chi connectivity index (χ4n) is 1.73. The topological polar surface area (TPSA) is 26.0 Å². The number of hydrogen-bond donors (Lipinski definition) is 1. The minimum absolute atomic E-state index is 0.293. The molecule has 1 fully saturated rings. The van der Waals surface area contributed by atoms with Gasteiger partial charge in [-0.2, -0.15) is 13.2 Å². The van der Waals surface area contributed by atoms with Gasteiger partial charge in [-0.3, -0.25) is 0 Å². The summed E-state index contributed by atoms with van der Waals surface area (Å²) in [6, 6.07) is 6.55. The second-order valence-corrected chi connectivity index (χ2v) is 4.54. The molecule has 0 spiro atoms. The van der Waals surface area contributed by atoms with E-state index >= 15 is 0 Å². The van der Waals surface area contributed by atoms with Gasteiger partial charge in [0.15, 0.2) is 0 Å². The Labute approximate surface area is 92.5 Å². The summed E-state index contributed by atoms with van der Waals surface area (Å²) in [5.41, 5.74) is 6.70. The molecular formula is C12H14F3N. The molecule has 0 aromatic heterocycles. The van der Waals surface area contributed by atoms with Crippen molar-refractivity contribution < 1.29 is 13.2 Å². The normalized spacial score (nSPS) is 20.6. The first kappa shape index (κ1) is 11.5. The SMILES string of the molecule is CC(c1cccc(C2(N)CC2)c1)C(F)(F)F. The Morgan fingerprint density at radius 1 is 1.31 bits per heavy atom. The molecule has 2 rings (SSSR count). The van der Waals surface area contributed by atoms with Gasteiger partial charge in [-0.15, -0.1) is 0 Å². The molecule has 1 atom stereocenters. The van der Waals surface area contributed by atoms with Crippen LogP contribution in [0.2, 0.25) is 0 Å². The number of halogens is 3. The van der Waals surface area contributed by atoms with Crippen LogP contribution < -0.4 is 5.73 Å². The summed E-state index contributed by atoms with van der Waals surface area (Å²) in [6.45, 7) is 1.18. The predicted molar refractivity (Wildman–Crippen MR) is 56.0 cm³/mol. The van der Waals surface area contributed by atoms with E-state index in [1.165, 1.54) is 13.0 Å². The van der Waals surface area contributed by atoms with E-state index in [0.29, 0.717) is 5.56 Å². The number of rotatable bonds is 2. The molecule has 1 saturated carbocycles. The lowest BCUT2D eigenvalue weighted by atomic mass is 9.95. The second kappa shape index (κ2) is 3.48. The highest BCUT2D eigenvalue weighted by Gasteiger charge is 2.41. The Morgan fingerprint density at radius 3 is 2.44 bits per heavy atom. The number of benzene rings is 1. The Balaban J connectivity index is 2.29. The van der Waals surface area contributed by atoms with Gasteiger partial charge in [0.2, 0.25) is 0 Å². The summed E-state index contributed by atoms with van der Waals surface area (Å²) in [5, 5.41) is 0. The molecule has 1 aromatic rings. The van der Waals surface area contributed by atoms with Crippen molar-refractivity contribution in [2.45, 2.75) is 37.4 Å². The molecule has 0 amide bonds. The van der Waals surface area contributed by atoms with E-state index in [2.05, 4.69) is 0 Å². The quantitative estimate of drug-likeness (QED) is 0.827. The van der Waals surface area contributed by atoms with Crippen LogP contribution in [-0.4, -0.2) is 6.18 Å². The van der Waals surface area contributed by atoms with Crippen LogP contribution >= 0.6 is 0 Å². The van der Waals surface area contributed by atoms with Gasteiger partial charge in [-0.05, 0) is 30.9 Å². The molecule has 0 heterocycles. The van der Waals surface area contributed by atoms with Crippen LogP contribution in [0.3, 0.4) is 0 Å². The van der Waals surface area contributed by atoms with Gasteiger partial charge in [-0.1, -0.05) is 24.3 Å². The maximum atomic E-state index is 12.5. The Kier molecular flexibility index (Phi) is 2.49. The minimum Gasteiger partial charge on any atom is -0.321 e. The molecule has 0 radical (unpaired) electrons. The molecule has 0 aliphatic heterocycles. The van der Waals surface area contributed by atoms with Gasteiger partial charge in [0, 0.05) is 5.54 Å². The zero-order valence-electron chi connectivity index (χ0n) is 9.01. The van der Waals surface area contributed by atoms with Crippen LogP contribution in [0.5, 0.6) is 0 Å². The van der Waals surface area contributed by atoms with Crippen molar-refractivity contribution in [2.75, 3.05) is 0 Å².